The van der Waals surface area contributed by atoms with Crippen LogP contribution in [0.5, 0.6) is 0 Å². The van der Waals surface area contributed by atoms with Crippen LogP contribution in [0, 0.1) is 11.8 Å². The van der Waals surface area contributed by atoms with Crippen LogP contribution in [0.2, 0.25) is 0 Å². The van der Waals surface area contributed by atoms with Crippen molar-refractivity contribution in [1.82, 2.24) is 4.90 Å². The number of hydrogen-bond donors (Lipinski definition) is 1. The Hall–Kier alpha value is -2.03. The second-order valence-corrected chi connectivity index (χ2v) is 5.53. The van der Waals surface area contributed by atoms with Crippen molar-refractivity contribution in [2.45, 2.75) is 19.9 Å². The maximum absolute atomic E-state index is 12.4. The first kappa shape index (κ1) is 15.4. The van der Waals surface area contributed by atoms with Crippen LogP contribution < -0.4 is 0 Å². The summed E-state index contributed by atoms with van der Waals surface area (Å²) in [7, 11) is 1.77. The van der Waals surface area contributed by atoms with E-state index < -0.39 is 0 Å². The molecule has 2 aromatic heterocycles. The van der Waals surface area contributed by atoms with Crippen molar-refractivity contribution >= 4 is 17.2 Å². The Bertz CT molecular complexity index is 675. The molecule has 2 rings (SSSR count). The van der Waals surface area contributed by atoms with Crippen LogP contribution in [-0.4, -0.2) is 29.6 Å². The van der Waals surface area contributed by atoms with Gasteiger partial charge in [-0.05, 0) is 12.1 Å². The quantitative estimate of drug-likeness (QED) is 0.883. The van der Waals surface area contributed by atoms with E-state index in [0.717, 1.165) is 10.4 Å². The van der Waals surface area contributed by atoms with E-state index in [1.165, 1.54) is 0 Å². The molecular formula is C16H17NO3S. The van der Waals surface area contributed by atoms with Crippen molar-refractivity contribution in [3.63, 3.8) is 0 Å². The minimum Gasteiger partial charge on any atom is -0.469 e. The minimum atomic E-state index is -0.149. The van der Waals surface area contributed by atoms with Gasteiger partial charge in [0.2, 0.25) is 0 Å². The lowest BCUT2D eigenvalue weighted by molar-refractivity contribution is 0.0784. The third-order valence-corrected chi connectivity index (χ3v) is 3.92. The molecule has 2 heterocycles. The zero-order valence-corrected chi connectivity index (χ0v) is 12.9. The molecule has 0 bridgehead atoms. The number of hydrogen-bond acceptors (Lipinski definition) is 4. The maximum Gasteiger partial charge on any atom is 0.257 e. The molecule has 4 nitrogen and oxygen atoms in total. The summed E-state index contributed by atoms with van der Waals surface area (Å²) in [6, 6.07) is 3.65. The molecule has 0 aromatic carbocycles. The summed E-state index contributed by atoms with van der Waals surface area (Å²) in [5, 5.41) is 10.6. The largest absolute Gasteiger partial charge is 0.469 e. The van der Waals surface area contributed by atoms with Gasteiger partial charge in [-0.2, -0.15) is 0 Å². The van der Waals surface area contributed by atoms with E-state index in [-0.39, 0.29) is 12.5 Å². The highest BCUT2D eigenvalue weighted by Crippen LogP contribution is 2.18. The topological polar surface area (TPSA) is 53.7 Å². The van der Waals surface area contributed by atoms with Gasteiger partial charge in [0, 0.05) is 29.3 Å². The Kier molecular flexibility index (Phi) is 5.20. The lowest BCUT2D eigenvalue weighted by Crippen LogP contribution is -2.26. The van der Waals surface area contributed by atoms with E-state index >= 15 is 0 Å². The Morgan fingerprint density at radius 3 is 3.05 bits per heavy atom. The molecule has 0 radical (unpaired) electrons. The van der Waals surface area contributed by atoms with Crippen molar-refractivity contribution in [2.75, 3.05) is 13.7 Å². The van der Waals surface area contributed by atoms with Crippen LogP contribution >= 0.6 is 11.3 Å². The number of furan rings is 1. The third kappa shape index (κ3) is 3.75. The van der Waals surface area contributed by atoms with E-state index in [0.29, 0.717) is 24.3 Å². The van der Waals surface area contributed by atoms with Crippen LogP contribution in [0.1, 0.15) is 33.5 Å². The van der Waals surface area contributed by atoms with Crippen LogP contribution in [0.25, 0.3) is 0 Å². The Morgan fingerprint density at radius 1 is 1.52 bits per heavy atom. The molecule has 0 saturated heterocycles. The summed E-state index contributed by atoms with van der Waals surface area (Å²) >= 11 is 1.55. The summed E-state index contributed by atoms with van der Waals surface area (Å²) in [5.41, 5.74) is 1.49. The molecule has 2 aromatic rings. The van der Waals surface area contributed by atoms with Gasteiger partial charge in [-0.15, -0.1) is 11.3 Å². The highest BCUT2D eigenvalue weighted by molar-refractivity contribution is 7.10. The summed E-state index contributed by atoms with van der Waals surface area (Å²) in [6.07, 6.45) is 2.25. The molecule has 0 saturated carbocycles. The van der Waals surface area contributed by atoms with Gasteiger partial charge in [-0.3, -0.25) is 4.79 Å². The third-order valence-electron chi connectivity index (χ3n) is 3.00. The number of aryl methyl sites for hydroxylation is 1. The Morgan fingerprint density at radius 2 is 2.33 bits per heavy atom. The maximum atomic E-state index is 12.4. The van der Waals surface area contributed by atoms with Crippen LogP contribution in [0.15, 0.2) is 28.2 Å². The average Bonchev–Trinajstić information content (AvgIpc) is 3.12. The minimum absolute atomic E-state index is 0.0445. The summed E-state index contributed by atoms with van der Waals surface area (Å²) < 4.78 is 5.30. The summed E-state index contributed by atoms with van der Waals surface area (Å²) in [5.74, 6) is 6.14. The zero-order valence-electron chi connectivity index (χ0n) is 12.0. The van der Waals surface area contributed by atoms with Gasteiger partial charge in [-0.25, -0.2) is 0 Å². The fourth-order valence-corrected chi connectivity index (χ4v) is 2.86. The SMILES string of the molecule is CCc1occc1C(=O)N(C)Cc1cc(C#CCO)cs1. The molecule has 1 amide bonds. The number of carbonyl (C=O) groups excluding carboxylic acids is 1. The number of aliphatic hydroxyl groups is 1. The summed E-state index contributed by atoms with van der Waals surface area (Å²) in [4.78, 5) is 15.1. The highest BCUT2D eigenvalue weighted by atomic mass is 32.1. The van der Waals surface area contributed by atoms with Gasteiger partial charge in [0.15, 0.2) is 0 Å². The second-order valence-electron chi connectivity index (χ2n) is 4.53. The van der Waals surface area contributed by atoms with Gasteiger partial charge in [-0.1, -0.05) is 18.8 Å². The average molecular weight is 303 g/mol. The van der Waals surface area contributed by atoms with Gasteiger partial charge in [0.25, 0.3) is 5.91 Å². The molecule has 0 aliphatic carbocycles. The van der Waals surface area contributed by atoms with Crippen LogP contribution in [0.3, 0.4) is 0 Å². The summed E-state index contributed by atoms with van der Waals surface area (Å²) in [6.45, 7) is 2.34. The lowest BCUT2D eigenvalue weighted by atomic mass is 10.2. The first-order valence-corrected chi connectivity index (χ1v) is 7.52. The number of amides is 1. The molecule has 110 valence electrons. The fourth-order valence-electron chi connectivity index (χ4n) is 1.99. The first-order chi connectivity index (χ1) is 10.2. The molecule has 0 unspecified atom stereocenters. The Balaban J connectivity index is 2.05. The van der Waals surface area contributed by atoms with Crippen molar-refractivity contribution in [3.05, 3.63) is 45.5 Å². The van der Waals surface area contributed by atoms with Crippen molar-refractivity contribution in [3.8, 4) is 11.8 Å². The molecule has 0 aliphatic rings. The number of aliphatic hydroxyl groups excluding tert-OH is 1. The van der Waals surface area contributed by atoms with Crippen LogP contribution in [-0.2, 0) is 13.0 Å². The van der Waals surface area contributed by atoms with E-state index in [2.05, 4.69) is 11.8 Å². The van der Waals surface area contributed by atoms with E-state index in [1.807, 2.05) is 18.4 Å². The number of carbonyl (C=O) groups is 1. The van der Waals surface area contributed by atoms with Gasteiger partial charge in [0.05, 0.1) is 18.4 Å². The predicted octanol–water partition coefficient (Wildman–Crippen LogP) is 2.52. The predicted molar refractivity (Wildman–Crippen MR) is 82.2 cm³/mol. The first-order valence-electron chi connectivity index (χ1n) is 6.64. The number of thiophene rings is 1. The van der Waals surface area contributed by atoms with E-state index in [4.69, 9.17) is 9.52 Å². The molecule has 0 aliphatic heterocycles. The standard InChI is InChI=1S/C16H17NO3S/c1-3-15-14(6-8-20-15)16(19)17(2)10-13-9-12(11-21-13)5-4-7-18/h6,8-9,11,18H,3,7,10H2,1-2H3. The normalized spacial score (nSPS) is 10.0. The van der Waals surface area contributed by atoms with Crippen molar-refractivity contribution in [1.29, 1.82) is 0 Å². The second kappa shape index (κ2) is 7.11. The van der Waals surface area contributed by atoms with Gasteiger partial charge < -0.3 is 14.4 Å². The molecule has 0 spiro atoms. The zero-order chi connectivity index (χ0) is 15.2. The molecule has 21 heavy (non-hydrogen) atoms. The van der Waals surface area contributed by atoms with Gasteiger partial charge >= 0.3 is 0 Å². The smallest absolute Gasteiger partial charge is 0.257 e. The molecule has 0 fully saturated rings. The highest BCUT2D eigenvalue weighted by Gasteiger charge is 2.18. The molecule has 5 heteroatoms. The fraction of sp³-hybridized carbons (Fsp3) is 0.312. The van der Waals surface area contributed by atoms with Crippen molar-refractivity contribution in [2.24, 2.45) is 0 Å². The Labute approximate surface area is 128 Å². The van der Waals surface area contributed by atoms with E-state index in [1.54, 1.807) is 35.6 Å². The van der Waals surface area contributed by atoms with E-state index in [9.17, 15) is 4.79 Å². The number of nitrogens with zero attached hydrogens (tertiary/aromatic N) is 1. The monoisotopic (exact) mass is 303 g/mol. The molecule has 1 N–H and O–H groups in total. The lowest BCUT2D eigenvalue weighted by Gasteiger charge is -2.15. The van der Waals surface area contributed by atoms with Crippen molar-refractivity contribution < 1.29 is 14.3 Å². The molecule has 0 atom stereocenters. The molecular weight excluding hydrogens is 286 g/mol. The number of rotatable bonds is 4. The van der Waals surface area contributed by atoms with Crippen LogP contribution in [0.4, 0.5) is 0 Å². The van der Waals surface area contributed by atoms with Gasteiger partial charge in [0.1, 0.15) is 12.4 Å².